The third-order valence-electron chi connectivity index (χ3n) is 3.81. The fraction of sp³-hybridized carbons (Fsp3) is 0.846. The minimum absolute atomic E-state index is 0.134. The molecule has 1 N–H and O–H groups in total. The van der Waals surface area contributed by atoms with Gasteiger partial charge in [-0.3, -0.25) is 9.59 Å². The third-order valence-corrected chi connectivity index (χ3v) is 3.81. The lowest BCUT2D eigenvalue weighted by atomic mass is 10.1. The molecule has 2 fully saturated rings. The van der Waals surface area contributed by atoms with Crippen molar-refractivity contribution in [1.29, 1.82) is 0 Å². The van der Waals surface area contributed by atoms with Crippen LogP contribution in [-0.4, -0.2) is 47.7 Å². The van der Waals surface area contributed by atoms with Gasteiger partial charge >= 0.3 is 5.97 Å². The first-order chi connectivity index (χ1) is 8.65. The Hall–Kier alpha value is -1.10. The molecule has 0 aliphatic carbocycles. The van der Waals surface area contributed by atoms with Gasteiger partial charge in [-0.2, -0.15) is 0 Å². The van der Waals surface area contributed by atoms with Crippen LogP contribution in [0.25, 0.3) is 0 Å². The molecule has 1 amide bonds. The van der Waals surface area contributed by atoms with Gasteiger partial charge in [0, 0.05) is 32.5 Å². The van der Waals surface area contributed by atoms with E-state index >= 15 is 0 Å². The van der Waals surface area contributed by atoms with Crippen LogP contribution < -0.4 is 0 Å². The number of rotatable bonds is 5. The molecule has 2 aliphatic heterocycles. The van der Waals surface area contributed by atoms with E-state index in [0.29, 0.717) is 19.5 Å². The Kier molecular flexibility index (Phi) is 4.58. The summed E-state index contributed by atoms with van der Waals surface area (Å²) in [5.41, 5.74) is 0. The van der Waals surface area contributed by atoms with Crippen LogP contribution in [0.1, 0.15) is 38.5 Å². The van der Waals surface area contributed by atoms with E-state index < -0.39 is 5.97 Å². The lowest BCUT2D eigenvalue weighted by Crippen LogP contribution is -2.29. The molecule has 2 atom stereocenters. The maximum atomic E-state index is 12.0. The number of carbonyl (C=O) groups excluding carboxylic acids is 1. The van der Waals surface area contributed by atoms with Gasteiger partial charge in [-0.1, -0.05) is 0 Å². The second kappa shape index (κ2) is 6.18. The number of carbonyl (C=O) groups is 2. The Morgan fingerprint density at radius 1 is 1.33 bits per heavy atom. The fourth-order valence-corrected chi connectivity index (χ4v) is 2.79. The van der Waals surface area contributed by atoms with Gasteiger partial charge in [-0.05, 0) is 31.6 Å². The lowest BCUT2D eigenvalue weighted by molar-refractivity contribution is -0.138. The highest BCUT2D eigenvalue weighted by atomic mass is 16.5. The van der Waals surface area contributed by atoms with E-state index in [9.17, 15) is 9.59 Å². The predicted octanol–water partition coefficient (Wildman–Crippen LogP) is 1.27. The van der Waals surface area contributed by atoms with E-state index in [1.165, 1.54) is 0 Å². The lowest BCUT2D eigenvalue weighted by Gasteiger charge is -2.17. The highest BCUT2D eigenvalue weighted by Gasteiger charge is 2.28. The number of carboxylic acids is 1. The Morgan fingerprint density at radius 3 is 2.83 bits per heavy atom. The summed E-state index contributed by atoms with van der Waals surface area (Å²) in [6.07, 6.45) is 4.75. The Labute approximate surface area is 107 Å². The molecule has 0 spiro atoms. The molecule has 2 aliphatic rings. The molecule has 2 saturated heterocycles. The zero-order valence-electron chi connectivity index (χ0n) is 10.6. The quantitative estimate of drug-likeness (QED) is 0.803. The molecule has 5 nitrogen and oxygen atoms in total. The third kappa shape index (κ3) is 3.70. The molecule has 2 rings (SSSR count). The van der Waals surface area contributed by atoms with E-state index in [-0.39, 0.29) is 24.3 Å². The van der Waals surface area contributed by atoms with E-state index in [1.54, 1.807) is 0 Å². The highest BCUT2D eigenvalue weighted by molar-refractivity contribution is 5.76. The normalized spacial score (nSPS) is 27.7. The van der Waals surface area contributed by atoms with Crippen molar-refractivity contribution in [2.24, 2.45) is 5.92 Å². The zero-order chi connectivity index (χ0) is 13.0. The first kappa shape index (κ1) is 13.3. The number of aliphatic carboxylic acids is 1. The predicted molar refractivity (Wildman–Crippen MR) is 65.1 cm³/mol. The molecule has 2 heterocycles. The molecule has 0 aromatic heterocycles. The number of likely N-dealkylation sites (tertiary alicyclic amines) is 1. The molecule has 18 heavy (non-hydrogen) atoms. The molecule has 0 aromatic carbocycles. The number of carboxylic acid groups (broad SMARTS) is 1. The average Bonchev–Trinajstić information content (AvgIpc) is 2.95. The first-order valence-corrected chi connectivity index (χ1v) is 6.76. The van der Waals surface area contributed by atoms with Crippen molar-refractivity contribution in [1.82, 2.24) is 4.90 Å². The van der Waals surface area contributed by atoms with Crippen molar-refractivity contribution in [3.63, 3.8) is 0 Å². The van der Waals surface area contributed by atoms with Gasteiger partial charge in [0.1, 0.15) is 0 Å². The van der Waals surface area contributed by atoms with Crippen LogP contribution in [0.2, 0.25) is 0 Å². The Morgan fingerprint density at radius 2 is 2.17 bits per heavy atom. The molecule has 0 saturated carbocycles. The molecule has 0 bridgehead atoms. The molecule has 0 aromatic rings. The van der Waals surface area contributed by atoms with Crippen molar-refractivity contribution >= 4 is 11.9 Å². The highest BCUT2D eigenvalue weighted by Crippen LogP contribution is 2.22. The molecule has 2 unspecified atom stereocenters. The zero-order valence-corrected chi connectivity index (χ0v) is 10.6. The van der Waals surface area contributed by atoms with Crippen molar-refractivity contribution in [2.45, 2.75) is 44.6 Å². The van der Waals surface area contributed by atoms with Gasteiger partial charge in [0.05, 0.1) is 6.10 Å². The summed E-state index contributed by atoms with van der Waals surface area (Å²) in [6.45, 7) is 2.14. The summed E-state index contributed by atoms with van der Waals surface area (Å²) < 4.78 is 5.49. The number of hydrogen-bond acceptors (Lipinski definition) is 3. The maximum Gasteiger partial charge on any atom is 0.303 e. The van der Waals surface area contributed by atoms with Crippen molar-refractivity contribution in [3.05, 3.63) is 0 Å². The van der Waals surface area contributed by atoms with Crippen LogP contribution in [0.5, 0.6) is 0 Å². The van der Waals surface area contributed by atoms with Crippen molar-refractivity contribution in [3.8, 4) is 0 Å². The second-order valence-corrected chi connectivity index (χ2v) is 5.27. The number of nitrogens with zero attached hydrogens (tertiary/aromatic N) is 1. The van der Waals surface area contributed by atoms with Crippen molar-refractivity contribution < 1.29 is 19.4 Å². The van der Waals surface area contributed by atoms with Crippen LogP contribution in [0.15, 0.2) is 0 Å². The van der Waals surface area contributed by atoms with Gasteiger partial charge in [-0.15, -0.1) is 0 Å². The average molecular weight is 255 g/mol. The Balaban J connectivity index is 1.68. The summed E-state index contributed by atoms with van der Waals surface area (Å²) in [6, 6.07) is 0. The molecular formula is C13H21NO4. The summed E-state index contributed by atoms with van der Waals surface area (Å²) >= 11 is 0. The topological polar surface area (TPSA) is 66.8 Å². The van der Waals surface area contributed by atoms with Crippen LogP contribution in [0.4, 0.5) is 0 Å². The SMILES string of the molecule is O=C(O)CC1CCN(C(=O)CCC2CCCO2)C1. The summed E-state index contributed by atoms with van der Waals surface area (Å²) in [5, 5.41) is 8.73. The number of amides is 1. The molecule has 0 radical (unpaired) electrons. The minimum atomic E-state index is -0.770. The van der Waals surface area contributed by atoms with E-state index in [0.717, 1.165) is 32.3 Å². The Bertz CT molecular complexity index is 312. The van der Waals surface area contributed by atoms with Gasteiger partial charge in [-0.25, -0.2) is 0 Å². The van der Waals surface area contributed by atoms with Gasteiger partial charge in [0.15, 0.2) is 0 Å². The largest absolute Gasteiger partial charge is 0.481 e. The van der Waals surface area contributed by atoms with Crippen LogP contribution in [0, 0.1) is 5.92 Å². The number of hydrogen-bond donors (Lipinski definition) is 1. The smallest absolute Gasteiger partial charge is 0.303 e. The monoisotopic (exact) mass is 255 g/mol. The summed E-state index contributed by atoms with van der Waals surface area (Å²) in [7, 11) is 0. The van der Waals surface area contributed by atoms with Crippen LogP contribution in [-0.2, 0) is 14.3 Å². The minimum Gasteiger partial charge on any atom is -0.481 e. The fourth-order valence-electron chi connectivity index (χ4n) is 2.79. The summed E-state index contributed by atoms with van der Waals surface area (Å²) in [5.74, 6) is -0.485. The van der Waals surface area contributed by atoms with Gasteiger partial charge in [0.2, 0.25) is 5.91 Å². The molecule has 5 heteroatoms. The standard InChI is InChI=1S/C13H21NO4/c15-12(4-3-11-2-1-7-18-11)14-6-5-10(9-14)8-13(16)17/h10-11H,1-9H2,(H,16,17). The van der Waals surface area contributed by atoms with Crippen molar-refractivity contribution in [2.75, 3.05) is 19.7 Å². The second-order valence-electron chi connectivity index (χ2n) is 5.27. The van der Waals surface area contributed by atoms with Crippen LogP contribution in [0.3, 0.4) is 0 Å². The molecule has 102 valence electrons. The van der Waals surface area contributed by atoms with Gasteiger partial charge < -0.3 is 14.7 Å². The van der Waals surface area contributed by atoms with E-state index in [2.05, 4.69) is 0 Å². The summed E-state index contributed by atoms with van der Waals surface area (Å²) in [4.78, 5) is 24.4. The first-order valence-electron chi connectivity index (χ1n) is 6.76. The number of ether oxygens (including phenoxy) is 1. The van der Waals surface area contributed by atoms with Crippen LogP contribution >= 0.6 is 0 Å². The van der Waals surface area contributed by atoms with Gasteiger partial charge in [0.25, 0.3) is 0 Å². The maximum absolute atomic E-state index is 12.0. The van der Waals surface area contributed by atoms with E-state index in [1.807, 2.05) is 4.90 Å². The molecular weight excluding hydrogens is 234 g/mol. The van der Waals surface area contributed by atoms with E-state index in [4.69, 9.17) is 9.84 Å².